The molecule has 1 aliphatic rings. The molecule has 0 aromatic heterocycles. The highest BCUT2D eigenvalue weighted by Crippen LogP contribution is 2.18. The number of guanidine groups is 1. The SMILES string of the molecule is CN=C(NCCCCSC)NCC(=O)N1CCc2ccccc2C1.I. The van der Waals surface area contributed by atoms with E-state index in [4.69, 9.17) is 0 Å². The van der Waals surface area contributed by atoms with E-state index in [0.29, 0.717) is 12.5 Å². The van der Waals surface area contributed by atoms with Crippen molar-refractivity contribution in [2.45, 2.75) is 25.8 Å². The quantitative estimate of drug-likeness (QED) is 0.275. The van der Waals surface area contributed by atoms with Crippen molar-refractivity contribution in [3.05, 3.63) is 35.4 Å². The second kappa shape index (κ2) is 12.4. The van der Waals surface area contributed by atoms with Gasteiger partial charge in [0, 0.05) is 26.7 Å². The minimum atomic E-state index is 0. The van der Waals surface area contributed by atoms with Crippen molar-refractivity contribution in [3.8, 4) is 0 Å². The first-order valence-corrected chi connectivity index (χ1v) is 9.92. The van der Waals surface area contributed by atoms with E-state index < -0.39 is 0 Å². The van der Waals surface area contributed by atoms with Crippen molar-refractivity contribution >= 4 is 47.6 Å². The molecule has 2 rings (SSSR count). The summed E-state index contributed by atoms with van der Waals surface area (Å²) >= 11 is 1.87. The normalized spacial score (nSPS) is 13.7. The molecule has 25 heavy (non-hydrogen) atoms. The molecule has 0 unspecified atom stereocenters. The van der Waals surface area contributed by atoms with E-state index in [1.165, 1.54) is 23.3 Å². The molecule has 0 bridgehead atoms. The number of halogens is 1. The highest BCUT2D eigenvalue weighted by molar-refractivity contribution is 14.0. The van der Waals surface area contributed by atoms with Gasteiger partial charge in [-0.25, -0.2) is 0 Å². The second-order valence-electron chi connectivity index (χ2n) is 5.89. The van der Waals surface area contributed by atoms with Crippen molar-refractivity contribution in [2.75, 3.05) is 38.7 Å². The van der Waals surface area contributed by atoms with Crippen LogP contribution in [0.15, 0.2) is 29.3 Å². The van der Waals surface area contributed by atoms with Gasteiger partial charge >= 0.3 is 0 Å². The first-order chi connectivity index (χ1) is 11.7. The van der Waals surface area contributed by atoms with Crippen LogP contribution >= 0.6 is 35.7 Å². The van der Waals surface area contributed by atoms with Gasteiger partial charge < -0.3 is 15.5 Å². The predicted molar refractivity (Wildman–Crippen MR) is 118 cm³/mol. The zero-order valence-electron chi connectivity index (χ0n) is 15.1. The zero-order valence-corrected chi connectivity index (χ0v) is 18.2. The van der Waals surface area contributed by atoms with Gasteiger partial charge in [0.25, 0.3) is 0 Å². The van der Waals surface area contributed by atoms with E-state index >= 15 is 0 Å². The lowest BCUT2D eigenvalue weighted by Gasteiger charge is -2.29. The maximum atomic E-state index is 12.4. The fourth-order valence-corrected chi connectivity index (χ4v) is 3.27. The Bertz CT molecular complexity index is 568. The van der Waals surface area contributed by atoms with Crippen LogP contribution in [-0.2, 0) is 17.8 Å². The van der Waals surface area contributed by atoms with Gasteiger partial charge in [-0.1, -0.05) is 24.3 Å². The molecule has 1 aliphatic heterocycles. The van der Waals surface area contributed by atoms with Crippen LogP contribution in [0.3, 0.4) is 0 Å². The largest absolute Gasteiger partial charge is 0.356 e. The lowest BCUT2D eigenvalue weighted by atomic mass is 10.00. The second-order valence-corrected chi connectivity index (χ2v) is 6.87. The number of aliphatic imine (C=N–C) groups is 1. The Morgan fingerprint density at radius 1 is 1.24 bits per heavy atom. The zero-order chi connectivity index (χ0) is 17.2. The number of unbranched alkanes of at least 4 members (excludes halogenated alkanes) is 1. The van der Waals surface area contributed by atoms with Gasteiger partial charge in [-0.3, -0.25) is 9.79 Å². The summed E-state index contributed by atoms with van der Waals surface area (Å²) in [5.41, 5.74) is 2.62. The molecule has 1 heterocycles. The number of hydrogen-bond acceptors (Lipinski definition) is 3. The van der Waals surface area contributed by atoms with Gasteiger partial charge in [0.15, 0.2) is 5.96 Å². The molecule has 2 N–H and O–H groups in total. The van der Waals surface area contributed by atoms with E-state index in [1.807, 2.05) is 22.7 Å². The van der Waals surface area contributed by atoms with Crippen molar-refractivity contribution in [3.63, 3.8) is 0 Å². The van der Waals surface area contributed by atoms with Crippen molar-refractivity contribution < 1.29 is 4.79 Å². The number of nitrogens with zero attached hydrogens (tertiary/aromatic N) is 2. The van der Waals surface area contributed by atoms with Crippen LogP contribution in [0.1, 0.15) is 24.0 Å². The van der Waals surface area contributed by atoms with Gasteiger partial charge in [0.05, 0.1) is 6.54 Å². The Morgan fingerprint density at radius 3 is 2.72 bits per heavy atom. The van der Waals surface area contributed by atoms with Crippen LogP contribution in [0.25, 0.3) is 0 Å². The molecule has 5 nitrogen and oxygen atoms in total. The maximum absolute atomic E-state index is 12.4. The molecule has 7 heteroatoms. The Morgan fingerprint density at radius 2 is 2.00 bits per heavy atom. The molecule has 0 atom stereocenters. The van der Waals surface area contributed by atoms with E-state index in [0.717, 1.165) is 25.9 Å². The third-order valence-corrected chi connectivity index (χ3v) is 4.88. The third kappa shape index (κ3) is 7.43. The van der Waals surface area contributed by atoms with Crippen LogP contribution in [0.5, 0.6) is 0 Å². The number of carbonyl (C=O) groups is 1. The van der Waals surface area contributed by atoms with Gasteiger partial charge in [0.1, 0.15) is 0 Å². The van der Waals surface area contributed by atoms with Gasteiger partial charge in [-0.15, -0.1) is 24.0 Å². The molecule has 1 aromatic carbocycles. The monoisotopic (exact) mass is 476 g/mol. The van der Waals surface area contributed by atoms with Crippen LogP contribution in [0, 0.1) is 0 Å². The van der Waals surface area contributed by atoms with Gasteiger partial charge in [0.2, 0.25) is 5.91 Å². The van der Waals surface area contributed by atoms with Crippen LogP contribution < -0.4 is 10.6 Å². The minimum Gasteiger partial charge on any atom is -0.356 e. The Labute approximate surface area is 172 Å². The average molecular weight is 476 g/mol. The fraction of sp³-hybridized carbons (Fsp3) is 0.556. The van der Waals surface area contributed by atoms with Crippen molar-refractivity contribution in [1.29, 1.82) is 0 Å². The number of rotatable bonds is 7. The Kier molecular flexibility index (Phi) is 11.0. The first-order valence-electron chi connectivity index (χ1n) is 8.52. The molecular formula is C18H29IN4OS. The summed E-state index contributed by atoms with van der Waals surface area (Å²) in [6.07, 6.45) is 5.36. The van der Waals surface area contributed by atoms with Crippen LogP contribution in [0.4, 0.5) is 0 Å². The summed E-state index contributed by atoms with van der Waals surface area (Å²) < 4.78 is 0. The third-order valence-electron chi connectivity index (χ3n) is 4.18. The van der Waals surface area contributed by atoms with Crippen LogP contribution in [-0.4, -0.2) is 55.5 Å². The molecular weight excluding hydrogens is 447 g/mol. The van der Waals surface area contributed by atoms with E-state index in [2.05, 4.69) is 40.1 Å². The van der Waals surface area contributed by atoms with Gasteiger partial charge in [-0.05, 0) is 42.4 Å². The Hall–Kier alpha value is -0.960. The highest BCUT2D eigenvalue weighted by Gasteiger charge is 2.20. The van der Waals surface area contributed by atoms with E-state index in [9.17, 15) is 4.79 Å². The van der Waals surface area contributed by atoms with Crippen molar-refractivity contribution in [1.82, 2.24) is 15.5 Å². The molecule has 140 valence electrons. The molecule has 1 amide bonds. The predicted octanol–water partition coefficient (Wildman–Crippen LogP) is 2.50. The standard InChI is InChI=1S/C18H28N4OS.HI/c1-19-18(20-10-5-6-12-24-2)21-13-17(23)22-11-9-15-7-3-4-8-16(15)14-22;/h3-4,7-8H,5-6,9-14H2,1-2H3,(H2,19,20,21);1H. The summed E-state index contributed by atoms with van der Waals surface area (Å²) in [6.45, 7) is 2.66. The molecule has 0 saturated heterocycles. The first kappa shape index (κ1) is 22.1. The smallest absolute Gasteiger partial charge is 0.242 e. The molecule has 1 aromatic rings. The van der Waals surface area contributed by atoms with Crippen LogP contribution in [0.2, 0.25) is 0 Å². The average Bonchev–Trinajstić information content (AvgIpc) is 2.63. The van der Waals surface area contributed by atoms with E-state index in [-0.39, 0.29) is 36.4 Å². The molecule has 0 fully saturated rings. The number of benzene rings is 1. The highest BCUT2D eigenvalue weighted by atomic mass is 127. The molecule has 0 spiro atoms. The number of fused-ring (bicyclic) bond motifs is 1. The molecule has 0 radical (unpaired) electrons. The maximum Gasteiger partial charge on any atom is 0.242 e. The van der Waals surface area contributed by atoms with Gasteiger partial charge in [-0.2, -0.15) is 11.8 Å². The minimum absolute atomic E-state index is 0. The van der Waals surface area contributed by atoms with Crippen molar-refractivity contribution in [2.24, 2.45) is 4.99 Å². The number of nitrogens with one attached hydrogen (secondary N) is 2. The number of amides is 1. The van der Waals surface area contributed by atoms with E-state index in [1.54, 1.807) is 7.05 Å². The summed E-state index contributed by atoms with van der Waals surface area (Å²) in [6, 6.07) is 8.36. The summed E-state index contributed by atoms with van der Waals surface area (Å²) in [5, 5.41) is 6.38. The molecule has 0 aliphatic carbocycles. The summed E-state index contributed by atoms with van der Waals surface area (Å²) in [4.78, 5) is 18.5. The fourth-order valence-electron chi connectivity index (χ4n) is 2.78. The summed E-state index contributed by atoms with van der Waals surface area (Å²) in [7, 11) is 1.73. The lowest BCUT2D eigenvalue weighted by Crippen LogP contribution is -2.46. The molecule has 0 saturated carbocycles. The number of carbonyl (C=O) groups excluding carboxylic acids is 1. The Balaban J connectivity index is 0.00000312. The summed E-state index contributed by atoms with van der Waals surface area (Å²) in [5.74, 6) is 2.00. The number of thioether (sulfide) groups is 1. The number of hydrogen-bond donors (Lipinski definition) is 2. The topological polar surface area (TPSA) is 56.7 Å². The lowest BCUT2D eigenvalue weighted by molar-refractivity contribution is -0.130.